The van der Waals surface area contributed by atoms with Crippen LogP contribution in [0.1, 0.15) is 67.0 Å². The molecule has 0 aliphatic carbocycles. The summed E-state index contributed by atoms with van der Waals surface area (Å²) in [6.45, 7) is 12.1. The first-order chi connectivity index (χ1) is 15.6. The average molecular weight is 447 g/mol. The lowest BCUT2D eigenvalue weighted by atomic mass is 9.92. The summed E-state index contributed by atoms with van der Waals surface area (Å²) in [7, 11) is 0. The molecule has 3 rings (SSSR count). The first-order valence-corrected chi connectivity index (χ1v) is 11.4. The van der Waals surface area contributed by atoms with Crippen LogP contribution in [0, 0.1) is 13.8 Å². The molecular formula is C29H34O4. The fourth-order valence-corrected chi connectivity index (χ4v) is 3.86. The summed E-state index contributed by atoms with van der Waals surface area (Å²) in [6.07, 6.45) is 0.791. The topological polar surface area (TPSA) is 55.8 Å². The van der Waals surface area contributed by atoms with E-state index < -0.39 is 11.6 Å². The predicted octanol–water partition coefficient (Wildman–Crippen LogP) is 6.84. The fraction of sp³-hybridized carbons (Fsp3) is 0.345. The summed E-state index contributed by atoms with van der Waals surface area (Å²) in [5.41, 5.74) is 5.68. The summed E-state index contributed by atoms with van der Waals surface area (Å²) >= 11 is 0. The minimum Gasteiger partial charge on any atom is -0.489 e. The molecule has 0 amide bonds. The van der Waals surface area contributed by atoms with E-state index in [9.17, 15) is 9.90 Å². The Bertz CT molecular complexity index is 1090. The Morgan fingerprint density at radius 2 is 1.58 bits per heavy atom. The van der Waals surface area contributed by atoms with E-state index in [4.69, 9.17) is 9.47 Å². The van der Waals surface area contributed by atoms with Crippen molar-refractivity contribution in [3.05, 3.63) is 94.0 Å². The lowest BCUT2D eigenvalue weighted by Crippen LogP contribution is -2.37. The Balaban J connectivity index is 1.81. The van der Waals surface area contributed by atoms with Crippen molar-refractivity contribution < 1.29 is 19.4 Å². The summed E-state index contributed by atoms with van der Waals surface area (Å²) in [4.78, 5) is 11.4. The van der Waals surface area contributed by atoms with Crippen LogP contribution in [-0.4, -0.2) is 16.7 Å². The molecule has 0 radical (unpaired) electrons. The predicted molar refractivity (Wildman–Crippen MR) is 132 cm³/mol. The molecule has 0 saturated carbocycles. The highest BCUT2D eigenvalue weighted by atomic mass is 16.5. The van der Waals surface area contributed by atoms with Gasteiger partial charge in [-0.1, -0.05) is 56.3 Å². The Kier molecular flexibility index (Phi) is 7.47. The Labute approximate surface area is 197 Å². The van der Waals surface area contributed by atoms with Crippen molar-refractivity contribution in [3.63, 3.8) is 0 Å². The average Bonchev–Trinajstić information content (AvgIpc) is 2.75. The third kappa shape index (κ3) is 6.16. The fourth-order valence-electron chi connectivity index (χ4n) is 3.86. The zero-order valence-corrected chi connectivity index (χ0v) is 20.4. The SMILES string of the molecule is Cc1cc(OC(C)(C)C(=O)O)cc(C)c1Cc1ccc(OCc2ccccc2)c(C(C)C)c1. The molecule has 0 unspecified atom stereocenters. The molecule has 0 bridgehead atoms. The lowest BCUT2D eigenvalue weighted by molar-refractivity contribution is -0.152. The van der Waals surface area contributed by atoms with Gasteiger partial charge in [0.05, 0.1) is 0 Å². The van der Waals surface area contributed by atoms with Crippen LogP contribution >= 0.6 is 0 Å². The molecule has 0 spiro atoms. The molecule has 0 atom stereocenters. The number of aliphatic carboxylic acids is 1. The van der Waals surface area contributed by atoms with Gasteiger partial charge >= 0.3 is 5.97 Å². The molecule has 174 valence electrons. The molecule has 3 aromatic carbocycles. The van der Waals surface area contributed by atoms with Crippen LogP contribution in [0.25, 0.3) is 0 Å². The van der Waals surface area contributed by atoms with E-state index >= 15 is 0 Å². The quantitative estimate of drug-likeness (QED) is 0.391. The molecule has 1 N–H and O–H groups in total. The minimum absolute atomic E-state index is 0.340. The van der Waals surface area contributed by atoms with Crippen molar-refractivity contribution in [2.75, 3.05) is 0 Å². The second-order valence-corrected chi connectivity index (χ2v) is 9.43. The van der Waals surface area contributed by atoms with Gasteiger partial charge in [-0.15, -0.1) is 0 Å². The maximum absolute atomic E-state index is 11.4. The minimum atomic E-state index is -1.28. The molecule has 4 heteroatoms. The molecule has 0 fully saturated rings. The number of ether oxygens (including phenoxy) is 2. The van der Waals surface area contributed by atoms with Gasteiger partial charge in [-0.25, -0.2) is 4.79 Å². The first-order valence-electron chi connectivity index (χ1n) is 11.4. The van der Waals surface area contributed by atoms with E-state index in [2.05, 4.69) is 44.2 Å². The Morgan fingerprint density at radius 1 is 0.939 bits per heavy atom. The lowest BCUT2D eigenvalue weighted by Gasteiger charge is -2.23. The number of benzene rings is 3. The van der Waals surface area contributed by atoms with E-state index in [1.54, 1.807) is 13.8 Å². The van der Waals surface area contributed by atoms with Crippen LogP contribution < -0.4 is 9.47 Å². The number of aryl methyl sites for hydroxylation is 2. The van der Waals surface area contributed by atoms with E-state index in [-0.39, 0.29) is 0 Å². The van der Waals surface area contributed by atoms with Crippen LogP contribution in [0.15, 0.2) is 60.7 Å². The normalized spacial score (nSPS) is 11.5. The van der Waals surface area contributed by atoms with Crippen molar-refractivity contribution in [1.29, 1.82) is 0 Å². The highest BCUT2D eigenvalue weighted by molar-refractivity contribution is 5.76. The molecule has 3 aromatic rings. The van der Waals surface area contributed by atoms with Crippen LogP contribution in [0.2, 0.25) is 0 Å². The third-order valence-corrected chi connectivity index (χ3v) is 5.87. The van der Waals surface area contributed by atoms with Gasteiger partial charge in [0.1, 0.15) is 18.1 Å². The van der Waals surface area contributed by atoms with Crippen LogP contribution in [0.5, 0.6) is 11.5 Å². The van der Waals surface area contributed by atoms with Crippen molar-refractivity contribution in [3.8, 4) is 11.5 Å². The van der Waals surface area contributed by atoms with Crippen LogP contribution in [0.4, 0.5) is 0 Å². The second kappa shape index (κ2) is 10.1. The highest BCUT2D eigenvalue weighted by Crippen LogP contribution is 2.31. The van der Waals surface area contributed by atoms with E-state index in [1.165, 1.54) is 16.7 Å². The van der Waals surface area contributed by atoms with Gasteiger partial charge in [-0.05, 0) is 91.6 Å². The second-order valence-electron chi connectivity index (χ2n) is 9.43. The smallest absolute Gasteiger partial charge is 0.347 e. The summed E-state index contributed by atoms with van der Waals surface area (Å²) < 4.78 is 11.9. The van der Waals surface area contributed by atoms with Crippen LogP contribution in [0.3, 0.4) is 0 Å². The number of hydrogen-bond donors (Lipinski definition) is 1. The van der Waals surface area contributed by atoms with Gasteiger partial charge in [0.15, 0.2) is 5.60 Å². The molecule has 0 aromatic heterocycles. The molecule has 0 aliphatic heterocycles. The molecule has 33 heavy (non-hydrogen) atoms. The van der Waals surface area contributed by atoms with Crippen LogP contribution in [-0.2, 0) is 17.8 Å². The number of rotatable bonds is 9. The van der Waals surface area contributed by atoms with E-state index in [0.29, 0.717) is 18.3 Å². The maximum atomic E-state index is 11.4. The zero-order chi connectivity index (χ0) is 24.2. The number of carbonyl (C=O) groups is 1. The molecular weight excluding hydrogens is 412 g/mol. The largest absolute Gasteiger partial charge is 0.489 e. The summed E-state index contributed by atoms with van der Waals surface area (Å²) in [5.74, 6) is 0.851. The number of hydrogen-bond acceptors (Lipinski definition) is 3. The number of carboxylic acid groups (broad SMARTS) is 1. The monoisotopic (exact) mass is 446 g/mol. The maximum Gasteiger partial charge on any atom is 0.347 e. The summed E-state index contributed by atoms with van der Waals surface area (Å²) in [6, 6.07) is 20.5. The molecule has 4 nitrogen and oxygen atoms in total. The Hall–Kier alpha value is -3.27. The van der Waals surface area contributed by atoms with Gasteiger partial charge in [0, 0.05) is 0 Å². The van der Waals surface area contributed by atoms with Gasteiger partial charge in [0.2, 0.25) is 0 Å². The van der Waals surface area contributed by atoms with Gasteiger partial charge < -0.3 is 14.6 Å². The van der Waals surface area contributed by atoms with Gasteiger partial charge in [0.25, 0.3) is 0 Å². The van der Waals surface area contributed by atoms with E-state index in [1.807, 2.05) is 44.2 Å². The van der Waals surface area contributed by atoms with E-state index in [0.717, 1.165) is 28.9 Å². The van der Waals surface area contributed by atoms with Crippen molar-refractivity contribution in [1.82, 2.24) is 0 Å². The third-order valence-electron chi connectivity index (χ3n) is 5.87. The first kappa shape index (κ1) is 24.4. The van der Waals surface area contributed by atoms with Crippen molar-refractivity contribution >= 4 is 5.97 Å². The summed E-state index contributed by atoms with van der Waals surface area (Å²) in [5, 5.41) is 9.35. The molecule has 0 saturated heterocycles. The number of carboxylic acids is 1. The van der Waals surface area contributed by atoms with Gasteiger partial charge in [-0.2, -0.15) is 0 Å². The van der Waals surface area contributed by atoms with Crippen molar-refractivity contribution in [2.24, 2.45) is 0 Å². The molecule has 0 heterocycles. The standard InChI is InChI=1S/C29H34O4/c1-19(2)25-16-23(12-13-27(25)32-18-22-10-8-7-9-11-22)17-26-20(3)14-24(15-21(26)4)33-29(5,6)28(30)31/h7-16,19H,17-18H2,1-6H3,(H,30,31). The Morgan fingerprint density at radius 3 is 2.15 bits per heavy atom. The zero-order valence-electron chi connectivity index (χ0n) is 20.4. The highest BCUT2D eigenvalue weighted by Gasteiger charge is 2.29. The van der Waals surface area contributed by atoms with Crippen molar-refractivity contribution in [2.45, 2.75) is 66.1 Å². The molecule has 0 aliphatic rings. The van der Waals surface area contributed by atoms with Gasteiger partial charge in [-0.3, -0.25) is 0 Å².